The predicted molar refractivity (Wildman–Crippen MR) is 175 cm³/mol. The Morgan fingerprint density at radius 1 is 0.651 bits per heavy atom. The molecule has 0 aliphatic rings. The molecule has 7 heteroatoms. The normalized spacial score (nSPS) is 14.4. The van der Waals surface area contributed by atoms with Crippen molar-refractivity contribution in [1.82, 2.24) is 0 Å². The van der Waals surface area contributed by atoms with Gasteiger partial charge in [0, 0.05) is 12.8 Å². The second kappa shape index (κ2) is 29.8. The Bertz CT molecular complexity index is 784. The Morgan fingerprint density at radius 2 is 1.19 bits per heavy atom. The number of ether oxygens (including phenoxy) is 2. The van der Waals surface area contributed by atoms with Crippen LogP contribution in [0.3, 0.4) is 0 Å². The SMILES string of the molecule is CC/C=C\C/C=C\C/C=C\C/C=C\C[C@@H](O)[C@H](O)CCCC(=O)O[C@@H](CO)COC(=O)CCCCCCCCCC(C)C. The van der Waals surface area contributed by atoms with Crippen molar-refractivity contribution >= 4 is 11.9 Å². The summed E-state index contributed by atoms with van der Waals surface area (Å²) < 4.78 is 10.4. The molecule has 0 saturated carbocycles. The van der Waals surface area contributed by atoms with Gasteiger partial charge in [0.05, 0.1) is 18.8 Å². The number of carbonyl (C=O) groups excluding carboxylic acids is 2. The average Bonchev–Trinajstić information content (AvgIpc) is 2.98. The van der Waals surface area contributed by atoms with Gasteiger partial charge in [0.2, 0.25) is 0 Å². The molecule has 3 atom stereocenters. The van der Waals surface area contributed by atoms with Crippen LogP contribution in [0.2, 0.25) is 0 Å². The van der Waals surface area contributed by atoms with Crippen LogP contribution >= 0.6 is 0 Å². The molecule has 0 amide bonds. The molecule has 0 aliphatic heterocycles. The number of hydrogen-bond donors (Lipinski definition) is 3. The summed E-state index contributed by atoms with van der Waals surface area (Å²) in [6.07, 6.45) is 27.9. The molecule has 0 fully saturated rings. The molecule has 0 aromatic rings. The summed E-state index contributed by atoms with van der Waals surface area (Å²) in [6.45, 7) is 6.01. The highest BCUT2D eigenvalue weighted by atomic mass is 16.6. The lowest BCUT2D eigenvalue weighted by Crippen LogP contribution is -2.29. The molecule has 43 heavy (non-hydrogen) atoms. The molecule has 0 rings (SSSR count). The topological polar surface area (TPSA) is 113 Å². The van der Waals surface area contributed by atoms with Crippen LogP contribution in [0, 0.1) is 5.92 Å². The first-order chi connectivity index (χ1) is 20.8. The number of esters is 2. The molecule has 0 aromatic heterocycles. The minimum Gasteiger partial charge on any atom is -0.462 e. The van der Waals surface area contributed by atoms with Gasteiger partial charge in [0.1, 0.15) is 6.61 Å². The molecule has 0 bridgehead atoms. The van der Waals surface area contributed by atoms with E-state index in [2.05, 4.69) is 57.2 Å². The summed E-state index contributed by atoms with van der Waals surface area (Å²) in [6, 6.07) is 0. The van der Waals surface area contributed by atoms with Crippen LogP contribution in [0.5, 0.6) is 0 Å². The van der Waals surface area contributed by atoms with Crippen LogP contribution in [-0.2, 0) is 19.1 Å². The first-order valence-electron chi connectivity index (χ1n) is 16.7. The summed E-state index contributed by atoms with van der Waals surface area (Å²) in [5.74, 6) is -0.118. The van der Waals surface area contributed by atoms with Gasteiger partial charge in [-0.15, -0.1) is 0 Å². The fourth-order valence-electron chi connectivity index (χ4n) is 4.35. The Kier molecular flexibility index (Phi) is 28.3. The average molecular weight is 607 g/mol. The van der Waals surface area contributed by atoms with Gasteiger partial charge in [-0.05, 0) is 57.3 Å². The molecule has 7 nitrogen and oxygen atoms in total. The molecule has 0 radical (unpaired) electrons. The second-order valence-corrected chi connectivity index (χ2v) is 11.6. The molecular weight excluding hydrogens is 544 g/mol. The number of aliphatic hydroxyl groups excluding tert-OH is 3. The van der Waals surface area contributed by atoms with Crippen LogP contribution in [0.25, 0.3) is 0 Å². The minimum absolute atomic E-state index is 0.0374. The maximum Gasteiger partial charge on any atom is 0.306 e. The highest BCUT2D eigenvalue weighted by molar-refractivity contribution is 5.70. The highest BCUT2D eigenvalue weighted by Crippen LogP contribution is 2.13. The zero-order valence-corrected chi connectivity index (χ0v) is 27.3. The zero-order chi connectivity index (χ0) is 32.0. The van der Waals surface area contributed by atoms with E-state index in [0.29, 0.717) is 19.3 Å². The van der Waals surface area contributed by atoms with Crippen molar-refractivity contribution in [2.75, 3.05) is 13.2 Å². The smallest absolute Gasteiger partial charge is 0.306 e. The molecule has 0 unspecified atom stereocenters. The van der Waals surface area contributed by atoms with Gasteiger partial charge in [-0.25, -0.2) is 0 Å². The fraction of sp³-hybridized carbons (Fsp3) is 0.722. The van der Waals surface area contributed by atoms with Gasteiger partial charge in [0.25, 0.3) is 0 Å². The molecule has 0 aliphatic carbocycles. The van der Waals surface area contributed by atoms with E-state index in [9.17, 15) is 24.9 Å². The van der Waals surface area contributed by atoms with Crippen LogP contribution in [0.4, 0.5) is 0 Å². The van der Waals surface area contributed by atoms with Crippen molar-refractivity contribution in [3.8, 4) is 0 Å². The Morgan fingerprint density at radius 3 is 1.77 bits per heavy atom. The van der Waals surface area contributed by atoms with Crippen LogP contribution < -0.4 is 0 Å². The predicted octanol–water partition coefficient (Wildman–Crippen LogP) is 7.69. The summed E-state index contributed by atoms with van der Waals surface area (Å²) in [7, 11) is 0. The van der Waals surface area contributed by atoms with Crippen molar-refractivity contribution in [2.24, 2.45) is 5.92 Å². The van der Waals surface area contributed by atoms with Crippen molar-refractivity contribution in [3.05, 3.63) is 48.6 Å². The quantitative estimate of drug-likeness (QED) is 0.0475. The maximum absolute atomic E-state index is 12.1. The third-order valence-electron chi connectivity index (χ3n) is 7.02. The monoisotopic (exact) mass is 606 g/mol. The van der Waals surface area contributed by atoms with Crippen molar-refractivity contribution in [3.63, 3.8) is 0 Å². The molecule has 0 heterocycles. The van der Waals surface area contributed by atoms with Crippen LogP contribution in [0.15, 0.2) is 48.6 Å². The standard InChI is InChI=1S/C36H62O7/c1-4-5-6-7-8-9-10-11-12-15-18-21-25-33(38)34(39)26-23-28-36(41)43-32(29-37)30-42-35(40)27-22-19-16-13-14-17-20-24-31(2)3/h5-6,8-9,11-12,18,21,31-34,37-39H,4,7,10,13-17,19-20,22-30H2,1-3H3/b6-5-,9-8-,12-11-,21-18-/t32-,33+,34+/m0/s1. The lowest BCUT2D eigenvalue weighted by atomic mass is 10.0. The fourth-order valence-corrected chi connectivity index (χ4v) is 4.35. The molecule has 0 aromatic carbocycles. The Hall–Kier alpha value is -2.22. The van der Waals surface area contributed by atoms with E-state index in [1.54, 1.807) is 0 Å². The van der Waals surface area contributed by atoms with Crippen molar-refractivity contribution in [1.29, 1.82) is 0 Å². The van der Waals surface area contributed by atoms with E-state index in [4.69, 9.17) is 9.47 Å². The summed E-state index contributed by atoms with van der Waals surface area (Å²) in [4.78, 5) is 24.1. The number of carbonyl (C=O) groups is 2. The van der Waals surface area contributed by atoms with E-state index in [0.717, 1.165) is 50.9 Å². The molecule has 0 spiro atoms. The summed E-state index contributed by atoms with van der Waals surface area (Å²) in [5.41, 5.74) is 0. The highest BCUT2D eigenvalue weighted by Gasteiger charge is 2.18. The molecule has 3 N–H and O–H groups in total. The molecule has 0 saturated heterocycles. The number of allylic oxidation sites excluding steroid dienone is 7. The van der Waals surface area contributed by atoms with E-state index in [1.807, 2.05) is 12.2 Å². The largest absolute Gasteiger partial charge is 0.462 e. The lowest BCUT2D eigenvalue weighted by molar-refractivity contribution is -0.161. The van der Waals surface area contributed by atoms with E-state index < -0.39 is 30.9 Å². The van der Waals surface area contributed by atoms with E-state index >= 15 is 0 Å². The van der Waals surface area contributed by atoms with Gasteiger partial charge in [-0.3, -0.25) is 9.59 Å². The number of aliphatic hydroxyl groups is 3. The van der Waals surface area contributed by atoms with Gasteiger partial charge in [-0.2, -0.15) is 0 Å². The van der Waals surface area contributed by atoms with Crippen molar-refractivity contribution < 1.29 is 34.4 Å². The summed E-state index contributed by atoms with van der Waals surface area (Å²) in [5, 5.41) is 29.9. The first-order valence-corrected chi connectivity index (χ1v) is 16.7. The number of hydrogen-bond acceptors (Lipinski definition) is 7. The lowest BCUT2D eigenvalue weighted by Gasteiger charge is -2.17. The third-order valence-corrected chi connectivity index (χ3v) is 7.02. The van der Waals surface area contributed by atoms with Crippen molar-refractivity contribution in [2.45, 2.75) is 148 Å². The molecule has 248 valence electrons. The maximum atomic E-state index is 12.1. The van der Waals surface area contributed by atoms with Gasteiger partial charge in [0.15, 0.2) is 6.10 Å². The zero-order valence-electron chi connectivity index (χ0n) is 27.3. The van der Waals surface area contributed by atoms with E-state index in [-0.39, 0.29) is 25.4 Å². The molecular formula is C36H62O7. The van der Waals surface area contributed by atoms with Gasteiger partial charge >= 0.3 is 11.9 Å². The minimum atomic E-state index is -0.945. The van der Waals surface area contributed by atoms with E-state index in [1.165, 1.54) is 32.1 Å². The van der Waals surface area contributed by atoms with Gasteiger partial charge < -0.3 is 24.8 Å². The Labute approximate surface area is 262 Å². The first kappa shape index (κ1) is 40.8. The van der Waals surface area contributed by atoms with Gasteiger partial charge in [-0.1, -0.05) is 114 Å². The second-order valence-electron chi connectivity index (χ2n) is 11.6. The summed E-state index contributed by atoms with van der Waals surface area (Å²) >= 11 is 0. The Balaban J connectivity index is 3.92. The van der Waals surface area contributed by atoms with Crippen LogP contribution in [-0.4, -0.2) is 58.8 Å². The third kappa shape index (κ3) is 28.3. The number of unbranched alkanes of at least 4 members (excludes halogenated alkanes) is 6. The van der Waals surface area contributed by atoms with Crippen LogP contribution in [0.1, 0.15) is 130 Å². The number of rotatable bonds is 28.